The van der Waals surface area contributed by atoms with Crippen LogP contribution in [0.3, 0.4) is 0 Å². The molecule has 1 aromatic carbocycles. The summed E-state index contributed by atoms with van der Waals surface area (Å²) in [4.78, 5) is 20.9. The van der Waals surface area contributed by atoms with E-state index in [9.17, 15) is 4.79 Å². The molecule has 0 saturated carbocycles. The van der Waals surface area contributed by atoms with E-state index < -0.39 is 0 Å². The summed E-state index contributed by atoms with van der Waals surface area (Å²) in [6.07, 6.45) is 3.86. The molecule has 0 radical (unpaired) electrons. The summed E-state index contributed by atoms with van der Waals surface area (Å²) in [7, 11) is 0. The molecule has 0 aliphatic heterocycles. The topological polar surface area (TPSA) is 144 Å². The fourth-order valence-electron chi connectivity index (χ4n) is 2.74. The predicted octanol–water partition coefficient (Wildman–Crippen LogP) is 3.12. The number of rotatable bonds is 9. The van der Waals surface area contributed by atoms with Crippen molar-refractivity contribution in [3.63, 3.8) is 0 Å². The lowest BCUT2D eigenvalue weighted by atomic mass is 10.1. The molecule has 0 bridgehead atoms. The molecule has 2 amide bonds. The monoisotopic (exact) mass is 456 g/mol. The summed E-state index contributed by atoms with van der Waals surface area (Å²) in [6.45, 7) is 6.64. The van der Waals surface area contributed by atoms with Crippen molar-refractivity contribution in [3.05, 3.63) is 36.7 Å². The smallest absolute Gasteiger partial charge is 0.321 e. The first-order valence-corrected chi connectivity index (χ1v) is 11.1. The minimum absolute atomic E-state index is 0.0363. The predicted molar refractivity (Wildman–Crippen MR) is 128 cm³/mol. The molecule has 2 heterocycles. The molecular formula is C21H28N8O2S. The molecule has 0 unspecified atom stereocenters. The highest BCUT2D eigenvalue weighted by Gasteiger charge is 2.10. The first-order valence-electron chi connectivity index (χ1n) is 10.3. The Bertz CT molecular complexity index is 1100. The van der Waals surface area contributed by atoms with E-state index in [1.807, 2.05) is 45.0 Å². The van der Waals surface area contributed by atoms with E-state index in [0.717, 1.165) is 27.1 Å². The van der Waals surface area contributed by atoms with Crippen LogP contribution in [0.25, 0.3) is 21.3 Å². The van der Waals surface area contributed by atoms with Crippen LogP contribution in [0.15, 0.2) is 41.8 Å². The number of amides is 2. The Labute approximate surface area is 190 Å². The van der Waals surface area contributed by atoms with E-state index in [2.05, 4.69) is 25.7 Å². The molecule has 3 aromatic rings. The second-order valence-electron chi connectivity index (χ2n) is 7.24. The molecule has 0 fully saturated rings. The second kappa shape index (κ2) is 10.7. The number of fused-ring (bicyclic) bond motifs is 1. The number of hydrogen-bond donors (Lipinski definition) is 4. The molecule has 3 rings (SSSR count). The Kier molecular flexibility index (Phi) is 7.79. The Morgan fingerprint density at radius 1 is 1.28 bits per heavy atom. The Morgan fingerprint density at radius 2 is 2.09 bits per heavy atom. The number of carbonyl (C=O) groups excluding carboxylic acids is 1. The molecule has 0 aliphatic carbocycles. The summed E-state index contributed by atoms with van der Waals surface area (Å²) in [5, 5.41) is 11.3. The van der Waals surface area contributed by atoms with Gasteiger partial charge in [0.25, 0.3) is 0 Å². The third-order valence-electron chi connectivity index (χ3n) is 4.41. The average molecular weight is 457 g/mol. The average Bonchev–Trinajstić information content (AvgIpc) is 3.15. The third-order valence-corrected chi connectivity index (χ3v) is 5.34. The van der Waals surface area contributed by atoms with E-state index in [-0.39, 0.29) is 12.1 Å². The molecule has 10 nitrogen and oxygen atoms in total. The van der Waals surface area contributed by atoms with Gasteiger partial charge < -0.3 is 15.8 Å². The van der Waals surface area contributed by atoms with E-state index >= 15 is 0 Å². The summed E-state index contributed by atoms with van der Waals surface area (Å²) in [5.74, 6) is 6.77. The summed E-state index contributed by atoms with van der Waals surface area (Å²) in [6, 6.07) is 7.53. The van der Waals surface area contributed by atoms with Crippen LogP contribution in [0.1, 0.15) is 27.2 Å². The van der Waals surface area contributed by atoms with Gasteiger partial charge in [0.2, 0.25) is 0 Å². The lowest BCUT2D eigenvalue weighted by Crippen LogP contribution is -2.36. The van der Waals surface area contributed by atoms with Crippen LogP contribution in [0.2, 0.25) is 0 Å². The fraction of sp³-hybridized carbons (Fsp3) is 0.333. The van der Waals surface area contributed by atoms with Gasteiger partial charge in [-0.25, -0.2) is 20.7 Å². The summed E-state index contributed by atoms with van der Waals surface area (Å²) in [5.41, 5.74) is 8.57. The molecule has 32 heavy (non-hydrogen) atoms. The van der Waals surface area contributed by atoms with Gasteiger partial charge in [-0.15, -0.1) is 5.10 Å². The Hall–Kier alpha value is -3.44. The van der Waals surface area contributed by atoms with Gasteiger partial charge >= 0.3 is 6.03 Å². The molecule has 11 heteroatoms. The van der Waals surface area contributed by atoms with Crippen LogP contribution >= 0.6 is 11.3 Å². The zero-order chi connectivity index (χ0) is 23.1. The van der Waals surface area contributed by atoms with Crippen molar-refractivity contribution in [1.29, 1.82) is 0 Å². The first-order chi connectivity index (χ1) is 15.4. The SMILES string of the molecule is CCOc1cncc(-c2ccc3nc(NC(=O)NCC/C(N)=N/N(N)C(C)C)sc3c2)c1. The van der Waals surface area contributed by atoms with Crippen molar-refractivity contribution in [2.24, 2.45) is 16.7 Å². The summed E-state index contributed by atoms with van der Waals surface area (Å²) >= 11 is 1.39. The van der Waals surface area contributed by atoms with E-state index in [1.165, 1.54) is 16.5 Å². The molecule has 0 spiro atoms. The number of amidine groups is 1. The highest BCUT2D eigenvalue weighted by Crippen LogP contribution is 2.31. The van der Waals surface area contributed by atoms with Crippen LogP contribution in [0.5, 0.6) is 5.75 Å². The van der Waals surface area contributed by atoms with Crippen molar-refractivity contribution in [1.82, 2.24) is 20.4 Å². The number of nitrogens with zero attached hydrogens (tertiary/aromatic N) is 4. The second-order valence-corrected chi connectivity index (χ2v) is 8.27. The number of urea groups is 1. The quantitative estimate of drug-likeness (QED) is 0.168. The molecule has 170 valence electrons. The van der Waals surface area contributed by atoms with Gasteiger partial charge in [0, 0.05) is 24.7 Å². The summed E-state index contributed by atoms with van der Waals surface area (Å²) < 4.78 is 6.48. The van der Waals surface area contributed by atoms with Crippen molar-refractivity contribution < 1.29 is 9.53 Å². The molecule has 0 aliphatic rings. The van der Waals surface area contributed by atoms with Crippen LogP contribution in [-0.4, -0.2) is 46.1 Å². The molecule has 6 N–H and O–H groups in total. The van der Waals surface area contributed by atoms with E-state index in [0.29, 0.717) is 30.5 Å². The van der Waals surface area contributed by atoms with Crippen molar-refractivity contribution >= 4 is 38.6 Å². The maximum atomic E-state index is 12.2. The van der Waals surface area contributed by atoms with Gasteiger partial charge in [-0.05, 0) is 44.5 Å². The van der Waals surface area contributed by atoms with E-state index in [1.54, 1.807) is 12.4 Å². The normalized spacial score (nSPS) is 11.6. The number of nitrogens with two attached hydrogens (primary N) is 2. The standard InChI is InChI=1S/C21H28N8O2S/c1-4-31-16-9-15(11-24-12-16)14-5-6-17-18(10-14)32-21(26-17)27-20(30)25-8-7-19(22)28-29(23)13(2)3/h5-6,9-13H,4,7-8,23H2,1-3H3,(H2,22,28)(H2,25,26,27,30). The molecular weight excluding hydrogens is 428 g/mol. The number of hydrazine groups is 1. The van der Waals surface area contributed by atoms with Gasteiger partial charge in [-0.2, -0.15) is 0 Å². The lowest BCUT2D eigenvalue weighted by Gasteiger charge is -2.17. The number of benzene rings is 1. The largest absolute Gasteiger partial charge is 0.492 e. The Balaban J connectivity index is 1.60. The van der Waals surface area contributed by atoms with Crippen LogP contribution in [-0.2, 0) is 0 Å². The number of hydrogen-bond acceptors (Lipinski definition) is 8. The van der Waals surface area contributed by atoms with Gasteiger partial charge in [-0.3, -0.25) is 10.3 Å². The number of anilines is 1. The zero-order valence-corrected chi connectivity index (χ0v) is 19.1. The van der Waals surface area contributed by atoms with Gasteiger partial charge in [0.05, 0.1) is 29.1 Å². The number of thiazole rings is 1. The maximum absolute atomic E-state index is 12.2. The van der Waals surface area contributed by atoms with E-state index in [4.69, 9.17) is 16.3 Å². The van der Waals surface area contributed by atoms with Crippen molar-refractivity contribution in [2.75, 3.05) is 18.5 Å². The molecule has 0 saturated heterocycles. The van der Waals surface area contributed by atoms with Crippen LogP contribution < -0.4 is 26.9 Å². The Morgan fingerprint density at radius 3 is 2.84 bits per heavy atom. The zero-order valence-electron chi connectivity index (χ0n) is 18.3. The number of carbonyl (C=O) groups is 1. The van der Waals surface area contributed by atoms with Gasteiger partial charge in [0.1, 0.15) is 11.6 Å². The number of pyridine rings is 1. The lowest BCUT2D eigenvalue weighted by molar-refractivity contribution is 0.238. The molecule has 2 aromatic heterocycles. The minimum atomic E-state index is -0.362. The molecule has 0 atom stereocenters. The van der Waals surface area contributed by atoms with Gasteiger partial charge in [-0.1, -0.05) is 17.4 Å². The van der Waals surface area contributed by atoms with Gasteiger partial charge in [0.15, 0.2) is 5.13 Å². The third kappa shape index (κ3) is 6.28. The fourth-order valence-corrected chi connectivity index (χ4v) is 3.64. The highest BCUT2D eigenvalue weighted by atomic mass is 32.1. The van der Waals surface area contributed by atoms with Crippen LogP contribution in [0, 0.1) is 0 Å². The highest BCUT2D eigenvalue weighted by molar-refractivity contribution is 7.22. The minimum Gasteiger partial charge on any atom is -0.492 e. The number of ether oxygens (including phenoxy) is 1. The number of nitrogens with one attached hydrogen (secondary N) is 2. The first kappa shape index (κ1) is 23.2. The van der Waals surface area contributed by atoms with Crippen molar-refractivity contribution in [2.45, 2.75) is 33.2 Å². The number of aromatic nitrogens is 2. The van der Waals surface area contributed by atoms with Crippen LogP contribution in [0.4, 0.5) is 9.93 Å². The number of hydrazone groups is 1. The maximum Gasteiger partial charge on any atom is 0.321 e. The van der Waals surface area contributed by atoms with Crippen molar-refractivity contribution in [3.8, 4) is 16.9 Å².